The highest BCUT2D eigenvalue weighted by molar-refractivity contribution is 5.75. The fourth-order valence-corrected chi connectivity index (χ4v) is 2.31. The van der Waals surface area contributed by atoms with Crippen molar-refractivity contribution in [3.63, 3.8) is 0 Å². The first-order valence-electron chi connectivity index (χ1n) is 8.37. The highest BCUT2D eigenvalue weighted by Crippen LogP contribution is 2.16. The zero-order chi connectivity index (χ0) is 17.9. The summed E-state index contributed by atoms with van der Waals surface area (Å²) >= 11 is 0. The minimum absolute atomic E-state index is 0.307. The summed E-state index contributed by atoms with van der Waals surface area (Å²) in [4.78, 5) is 12.0. The molecule has 0 N–H and O–H groups in total. The Bertz CT molecular complexity index is 649. The molecule has 0 heterocycles. The van der Waals surface area contributed by atoms with Crippen LogP contribution in [0.5, 0.6) is 5.75 Å². The number of ether oxygens (including phenoxy) is 3. The van der Waals surface area contributed by atoms with Crippen molar-refractivity contribution in [3.05, 3.63) is 78.4 Å². The average Bonchev–Trinajstić information content (AvgIpc) is 2.65. The van der Waals surface area contributed by atoms with Crippen LogP contribution in [0.25, 0.3) is 0 Å². The predicted octanol–water partition coefficient (Wildman–Crippen LogP) is 3.94. The maximum Gasteiger partial charge on any atom is 0.335 e. The van der Waals surface area contributed by atoms with E-state index in [0.29, 0.717) is 26.2 Å². The molecule has 0 fully saturated rings. The Kier molecular flexibility index (Phi) is 7.73. The van der Waals surface area contributed by atoms with Gasteiger partial charge in [0, 0.05) is 6.42 Å². The van der Waals surface area contributed by atoms with E-state index in [1.807, 2.05) is 54.6 Å². The zero-order valence-corrected chi connectivity index (χ0v) is 14.5. The standard InChI is InChI=1S/C21H24O4/c1-3-14-24-20(21(22)23-4-2)15-17-10-12-19(13-11-17)25-16-18-8-6-5-7-9-18/h3,5-13,20H,1,4,14-16H2,2H3. The van der Waals surface area contributed by atoms with Gasteiger partial charge in [-0.2, -0.15) is 0 Å². The van der Waals surface area contributed by atoms with Gasteiger partial charge in [-0.1, -0.05) is 48.5 Å². The van der Waals surface area contributed by atoms with Gasteiger partial charge < -0.3 is 14.2 Å². The number of hydrogen-bond donors (Lipinski definition) is 0. The lowest BCUT2D eigenvalue weighted by atomic mass is 10.1. The Morgan fingerprint density at radius 1 is 1.08 bits per heavy atom. The van der Waals surface area contributed by atoms with E-state index >= 15 is 0 Å². The number of benzene rings is 2. The first-order valence-corrected chi connectivity index (χ1v) is 8.37. The van der Waals surface area contributed by atoms with E-state index in [2.05, 4.69) is 6.58 Å². The lowest BCUT2D eigenvalue weighted by Crippen LogP contribution is -2.29. The third kappa shape index (κ3) is 6.43. The van der Waals surface area contributed by atoms with E-state index in [0.717, 1.165) is 16.9 Å². The highest BCUT2D eigenvalue weighted by atomic mass is 16.6. The van der Waals surface area contributed by atoms with Gasteiger partial charge in [-0.15, -0.1) is 6.58 Å². The summed E-state index contributed by atoms with van der Waals surface area (Å²) < 4.78 is 16.3. The Labute approximate surface area is 149 Å². The van der Waals surface area contributed by atoms with Crippen LogP contribution in [0, 0.1) is 0 Å². The van der Waals surface area contributed by atoms with Crippen LogP contribution in [0.1, 0.15) is 18.1 Å². The molecule has 25 heavy (non-hydrogen) atoms. The van der Waals surface area contributed by atoms with E-state index < -0.39 is 6.10 Å². The van der Waals surface area contributed by atoms with Crippen molar-refractivity contribution in [2.45, 2.75) is 26.1 Å². The zero-order valence-electron chi connectivity index (χ0n) is 14.5. The van der Waals surface area contributed by atoms with Crippen molar-refractivity contribution in [2.75, 3.05) is 13.2 Å². The minimum atomic E-state index is -0.631. The lowest BCUT2D eigenvalue weighted by Gasteiger charge is -2.16. The van der Waals surface area contributed by atoms with E-state index in [9.17, 15) is 4.79 Å². The van der Waals surface area contributed by atoms with Crippen molar-refractivity contribution in [3.8, 4) is 5.75 Å². The first-order chi connectivity index (χ1) is 12.2. The molecule has 2 aromatic carbocycles. The van der Waals surface area contributed by atoms with E-state index in [1.165, 1.54) is 0 Å². The number of rotatable bonds is 10. The van der Waals surface area contributed by atoms with Crippen LogP contribution >= 0.6 is 0 Å². The number of carbonyl (C=O) groups is 1. The van der Waals surface area contributed by atoms with Gasteiger partial charge in [-0.05, 0) is 30.2 Å². The van der Waals surface area contributed by atoms with Crippen LogP contribution in [0.15, 0.2) is 67.3 Å². The molecule has 0 aliphatic heterocycles. The average molecular weight is 340 g/mol. The molecule has 0 amide bonds. The molecule has 0 bridgehead atoms. The topological polar surface area (TPSA) is 44.8 Å². The van der Waals surface area contributed by atoms with Crippen LogP contribution in [0.2, 0.25) is 0 Å². The van der Waals surface area contributed by atoms with Gasteiger partial charge in [0.1, 0.15) is 12.4 Å². The molecule has 4 heteroatoms. The molecule has 0 spiro atoms. The van der Waals surface area contributed by atoms with Gasteiger partial charge in [0.25, 0.3) is 0 Å². The lowest BCUT2D eigenvalue weighted by molar-refractivity contribution is -0.155. The molecule has 0 aromatic heterocycles. The maximum atomic E-state index is 12.0. The monoisotopic (exact) mass is 340 g/mol. The fourth-order valence-electron chi connectivity index (χ4n) is 2.31. The van der Waals surface area contributed by atoms with Gasteiger partial charge in [0.15, 0.2) is 6.10 Å². The number of esters is 1. The van der Waals surface area contributed by atoms with Gasteiger partial charge in [0.05, 0.1) is 13.2 Å². The van der Waals surface area contributed by atoms with Gasteiger partial charge in [0.2, 0.25) is 0 Å². The number of hydrogen-bond acceptors (Lipinski definition) is 4. The second-order valence-corrected chi connectivity index (χ2v) is 5.49. The molecule has 0 aliphatic carbocycles. The Morgan fingerprint density at radius 3 is 2.44 bits per heavy atom. The Morgan fingerprint density at radius 2 is 1.80 bits per heavy atom. The van der Waals surface area contributed by atoms with Gasteiger partial charge >= 0.3 is 5.97 Å². The second kappa shape index (κ2) is 10.3. The fraction of sp³-hybridized carbons (Fsp3) is 0.286. The maximum absolute atomic E-state index is 12.0. The third-order valence-corrected chi connectivity index (χ3v) is 3.56. The molecule has 132 valence electrons. The van der Waals surface area contributed by atoms with Crippen molar-refractivity contribution < 1.29 is 19.0 Å². The quantitative estimate of drug-likeness (QED) is 0.485. The predicted molar refractivity (Wildman–Crippen MR) is 97.5 cm³/mol. The summed E-state index contributed by atoms with van der Waals surface area (Å²) in [5.41, 5.74) is 2.10. The Hall–Kier alpha value is -2.59. The summed E-state index contributed by atoms with van der Waals surface area (Å²) in [5, 5.41) is 0. The van der Waals surface area contributed by atoms with Crippen LogP contribution in [-0.4, -0.2) is 25.3 Å². The molecule has 0 radical (unpaired) electrons. The molecule has 1 atom stereocenters. The van der Waals surface area contributed by atoms with Crippen molar-refractivity contribution in [1.82, 2.24) is 0 Å². The molecule has 2 rings (SSSR count). The van der Waals surface area contributed by atoms with E-state index in [4.69, 9.17) is 14.2 Å². The number of carbonyl (C=O) groups excluding carboxylic acids is 1. The molecular formula is C21H24O4. The van der Waals surface area contributed by atoms with Crippen LogP contribution < -0.4 is 4.74 Å². The van der Waals surface area contributed by atoms with Crippen LogP contribution in [0.3, 0.4) is 0 Å². The van der Waals surface area contributed by atoms with Crippen molar-refractivity contribution in [2.24, 2.45) is 0 Å². The molecule has 4 nitrogen and oxygen atoms in total. The highest BCUT2D eigenvalue weighted by Gasteiger charge is 2.20. The largest absolute Gasteiger partial charge is 0.489 e. The summed E-state index contributed by atoms with van der Waals surface area (Å²) in [6, 6.07) is 17.7. The molecule has 0 saturated heterocycles. The minimum Gasteiger partial charge on any atom is -0.489 e. The summed E-state index contributed by atoms with van der Waals surface area (Å²) in [7, 11) is 0. The Balaban J connectivity index is 1.92. The summed E-state index contributed by atoms with van der Waals surface area (Å²) in [6.45, 7) is 6.55. The van der Waals surface area contributed by atoms with Crippen LogP contribution in [0.4, 0.5) is 0 Å². The van der Waals surface area contributed by atoms with Crippen molar-refractivity contribution in [1.29, 1.82) is 0 Å². The summed E-state index contributed by atoms with van der Waals surface area (Å²) in [5.74, 6) is 0.432. The first kappa shape index (κ1) is 18.7. The normalized spacial score (nSPS) is 11.6. The third-order valence-electron chi connectivity index (χ3n) is 3.56. The van der Waals surface area contributed by atoms with E-state index in [-0.39, 0.29) is 5.97 Å². The van der Waals surface area contributed by atoms with Crippen LogP contribution in [-0.2, 0) is 27.3 Å². The second-order valence-electron chi connectivity index (χ2n) is 5.49. The SMILES string of the molecule is C=CCOC(Cc1ccc(OCc2ccccc2)cc1)C(=O)OCC. The van der Waals surface area contributed by atoms with Gasteiger partial charge in [-0.25, -0.2) is 4.79 Å². The molecule has 0 saturated carbocycles. The molecule has 2 aromatic rings. The van der Waals surface area contributed by atoms with E-state index in [1.54, 1.807) is 13.0 Å². The summed E-state index contributed by atoms with van der Waals surface area (Å²) in [6.07, 6.45) is 1.44. The van der Waals surface area contributed by atoms with Gasteiger partial charge in [-0.3, -0.25) is 0 Å². The van der Waals surface area contributed by atoms with Crippen molar-refractivity contribution >= 4 is 5.97 Å². The molecule has 1 unspecified atom stereocenters. The smallest absolute Gasteiger partial charge is 0.335 e. The molecular weight excluding hydrogens is 316 g/mol. The molecule has 0 aliphatic rings.